The van der Waals surface area contributed by atoms with E-state index in [0.717, 1.165) is 0 Å². The van der Waals surface area contributed by atoms with Gasteiger partial charge in [-0.2, -0.15) is 0 Å². The summed E-state index contributed by atoms with van der Waals surface area (Å²) in [6.07, 6.45) is -0.373. The average molecular weight is 349 g/mol. The summed E-state index contributed by atoms with van der Waals surface area (Å²) < 4.78 is 24.8. The van der Waals surface area contributed by atoms with Gasteiger partial charge in [0.15, 0.2) is 0 Å². The minimum absolute atomic E-state index is 0.0692. The van der Waals surface area contributed by atoms with E-state index in [1.807, 2.05) is 0 Å². The lowest BCUT2D eigenvalue weighted by Crippen LogP contribution is -2.48. The van der Waals surface area contributed by atoms with E-state index in [1.54, 1.807) is 21.7 Å². The highest BCUT2D eigenvalue weighted by molar-refractivity contribution is 5.97. The smallest absolute Gasteiger partial charge is 0.320 e. The quantitative estimate of drug-likeness (QED) is 0.695. The first kappa shape index (κ1) is 16.1. The maximum absolute atomic E-state index is 13.6. The number of likely N-dealkylation sites (tertiary alicyclic amines) is 1. The van der Waals surface area contributed by atoms with Crippen LogP contribution in [-0.4, -0.2) is 85.2 Å². The molecular weight excluding hydrogens is 329 g/mol. The molecule has 134 valence electrons. The van der Waals surface area contributed by atoms with Crippen molar-refractivity contribution in [1.29, 1.82) is 0 Å². The minimum Gasteiger partial charge on any atom is -0.485 e. The second-order valence-corrected chi connectivity index (χ2v) is 6.57. The summed E-state index contributed by atoms with van der Waals surface area (Å²) >= 11 is 0. The topological polar surface area (TPSA) is 62.3 Å². The van der Waals surface area contributed by atoms with E-state index in [4.69, 9.17) is 9.47 Å². The Bertz CT molecular complexity index is 707. The molecule has 2 fully saturated rings. The van der Waals surface area contributed by atoms with Crippen LogP contribution in [0, 0.1) is 5.82 Å². The first-order valence-corrected chi connectivity index (χ1v) is 8.39. The van der Waals surface area contributed by atoms with E-state index < -0.39 is 5.82 Å². The highest BCUT2D eigenvalue weighted by Crippen LogP contribution is 2.31. The Kier molecular flexibility index (Phi) is 3.99. The predicted molar refractivity (Wildman–Crippen MR) is 86.1 cm³/mol. The number of hydrogen-bond acceptors (Lipinski definition) is 4. The molecular formula is C17H20FN3O4. The van der Waals surface area contributed by atoms with E-state index >= 15 is 0 Å². The molecule has 1 aromatic carbocycles. The highest BCUT2D eigenvalue weighted by atomic mass is 19.1. The number of hydrogen-bond donors (Lipinski definition) is 0. The Hall–Kier alpha value is -2.35. The fourth-order valence-corrected chi connectivity index (χ4v) is 3.63. The molecule has 7 nitrogen and oxygen atoms in total. The van der Waals surface area contributed by atoms with Crippen molar-refractivity contribution in [2.75, 3.05) is 46.4 Å². The van der Waals surface area contributed by atoms with Crippen LogP contribution < -0.4 is 4.74 Å². The number of halogens is 1. The number of carbonyl (C=O) groups is 2. The van der Waals surface area contributed by atoms with Gasteiger partial charge in [0, 0.05) is 32.7 Å². The van der Waals surface area contributed by atoms with Crippen LogP contribution in [0.15, 0.2) is 18.2 Å². The van der Waals surface area contributed by atoms with E-state index in [-0.39, 0.29) is 29.8 Å². The van der Waals surface area contributed by atoms with Gasteiger partial charge in [-0.05, 0) is 12.1 Å². The molecule has 1 aromatic rings. The molecule has 0 aromatic heterocycles. The molecule has 0 aliphatic carbocycles. The zero-order valence-electron chi connectivity index (χ0n) is 14.0. The number of nitrogens with zero attached hydrogens (tertiary/aromatic N) is 3. The highest BCUT2D eigenvalue weighted by Gasteiger charge is 2.44. The zero-order chi connectivity index (χ0) is 17.6. The van der Waals surface area contributed by atoms with Crippen LogP contribution in [0.1, 0.15) is 10.4 Å². The number of fused-ring (bicyclic) bond motifs is 2. The van der Waals surface area contributed by atoms with Crippen LogP contribution in [0.5, 0.6) is 5.75 Å². The number of carbonyl (C=O) groups excluding carboxylic acids is 2. The summed E-state index contributed by atoms with van der Waals surface area (Å²) in [5, 5.41) is 0. The summed E-state index contributed by atoms with van der Waals surface area (Å²) in [4.78, 5) is 30.4. The molecule has 25 heavy (non-hydrogen) atoms. The molecule has 0 N–H and O–H groups in total. The number of benzene rings is 1. The molecule has 0 saturated carbocycles. The van der Waals surface area contributed by atoms with Crippen molar-refractivity contribution in [1.82, 2.24) is 14.7 Å². The summed E-state index contributed by atoms with van der Waals surface area (Å²) in [7, 11) is 1.70. The van der Waals surface area contributed by atoms with Gasteiger partial charge in [-0.25, -0.2) is 9.18 Å². The van der Waals surface area contributed by atoms with Crippen LogP contribution in [0.25, 0.3) is 0 Å². The van der Waals surface area contributed by atoms with Gasteiger partial charge >= 0.3 is 6.03 Å². The van der Waals surface area contributed by atoms with Gasteiger partial charge in [-0.1, -0.05) is 0 Å². The Morgan fingerprint density at radius 2 is 1.96 bits per heavy atom. The molecule has 0 bridgehead atoms. The number of ether oxygens (including phenoxy) is 2. The molecule has 3 heterocycles. The van der Waals surface area contributed by atoms with Gasteiger partial charge in [0.05, 0.1) is 31.4 Å². The molecule has 8 heteroatoms. The molecule has 3 aliphatic rings. The summed E-state index contributed by atoms with van der Waals surface area (Å²) in [6.45, 7) is 2.97. The molecule has 2 saturated heterocycles. The Morgan fingerprint density at radius 3 is 2.72 bits per heavy atom. The molecule has 4 rings (SSSR count). The zero-order valence-corrected chi connectivity index (χ0v) is 14.0. The number of likely N-dealkylation sites (N-methyl/N-ethyl adjacent to an activating group) is 1. The van der Waals surface area contributed by atoms with E-state index in [1.165, 1.54) is 18.2 Å². The number of rotatable bonds is 0. The molecule has 0 radical (unpaired) electrons. The van der Waals surface area contributed by atoms with Crippen LogP contribution in [0.2, 0.25) is 0 Å². The van der Waals surface area contributed by atoms with Crippen LogP contribution in [0.3, 0.4) is 0 Å². The molecule has 0 unspecified atom stereocenters. The predicted octanol–water partition coefficient (Wildman–Crippen LogP) is 0.795. The van der Waals surface area contributed by atoms with Crippen LogP contribution in [0.4, 0.5) is 9.18 Å². The van der Waals surface area contributed by atoms with Gasteiger partial charge < -0.3 is 24.2 Å². The molecule has 2 atom stereocenters. The average Bonchev–Trinajstić information content (AvgIpc) is 3.01. The van der Waals surface area contributed by atoms with Crippen molar-refractivity contribution in [3.05, 3.63) is 29.6 Å². The third-order valence-electron chi connectivity index (χ3n) is 5.06. The SMILES string of the molecule is CN1C(=O)c2ccc(F)cc2O[C@H]2CN(C(=O)N3CCOCC3)C[C@H]21. The first-order chi connectivity index (χ1) is 12.0. The van der Waals surface area contributed by atoms with Crippen LogP contribution in [-0.2, 0) is 4.74 Å². The van der Waals surface area contributed by atoms with Gasteiger partial charge in [0.1, 0.15) is 17.7 Å². The van der Waals surface area contributed by atoms with Crippen molar-refractivity contribution < 1.29 is 23.5 Å². The maximum atomic E-state index is 13.6. The Morgan fingerprint density at radius 1 is 1.20 bits per heavy atom. The second-order valence-electron chi connectivity index (χ2n) is 6.57. The largest absolute Gasteiger partial charge is 0.485 e. The van der Waals surface area contributed by atoms with Gasteiger partial charge in [0.25, 0.3) is 5.91 Å². The number of morpholine rings is 1. The van der Waals surface area contributed by atoms with Gasteiger partial charge in [-0.15, -0.1) is 0 Å². The van der Waals surface area contributed by atoms with Gasteiger partial charge in [-0.3, -0.25) is 4.79 Å². The minimum atomic E-state index is -0.452. The first-order valence-electron chi connectivity index (χ1n) is 8.39. The van der Waals surface area contributed by atoms with Crippen molar-refractivity contribution in [2.45, 2.75) is 12.1 Å². The normalized spacial score (nSPS) is 26.0. The number of urea groups is 1. The molecule has 3 amide bonds. The van der Waals surface area contributed by atoms with Gasteiger partial charge in [0.2, 0.25) is 0 Å². The lowest BCUT2D eigenvalue weighted by atomic mass is 10.1. The molecule has 0 spiro atoms. The maximum Gasteiger partial charge on any atom is 0.320 e. The lowest BCUT2D eigenvalue weighted by molar-refractivity contribution is 0.0441. The fourth-order valence-electron chi connectivity index (χ4n) is 3.63. The summed E-state index contributed by atoms with van der Waals surface area (Å²) in [5.74, 6) is -0.430. The summed E-state index contributed by atoms with van der Waals surface area (Å²) in [6, 6.07) is 3.61. The molecule has 3 aliphatic heterocycles. The Labute approximate surface area is 144 Å². The lowest BCUT2D eigenvalue weighted by Gasteiger charge is -2.31. The van der Waals surface area contributed by atoms with Crippen LogP contribution >= 0.6 is 0 Å². The third-order valence-corrected chi connectivity index (χ3v) is 5.06. The summed E-state index contributed by atoms with van der Waals surface area (Å²) in [5.41, 5.74) is 0.351. The number of amides is 3. The van der Waals surface area contributed by atoms with Crippen molar-refractivity contribution in [2.24, 2.45) is 0 Å². The standard InChI is InChI=1S/C17H20FN3O4/c1-19-13-9-21(17(23)20-4-6-24-7-5-20)10-15(13)25-14-8-11(18)2-3-12(14)16(19)22/h2-3,8,13,15H,4-7,9-10H2,1H3/t13-,15+/m1/s1. The Balaban J connectivity index is 1.56. The van der Waals surface area contributed by atoms with E-state index in [0.29, 0.717) is 45.0 Å². The van der Waals surface area contributed by atoms with E-state index in [2.05, 4.69) is 0 Å². The second kappa shape index (κ2) is 6.18. The van der Waals surface area contributed by atoms with Crippen molar-refractivity contribution >= 4 is 11.9 Å². The monoisotopic (exact) mass is 349 g/mol. The fraction of sp³-hybridized carbons (Fsp3) is 0.529. The van der Waals surface area contributed by atoms with Crippen molar-refractivity contribution in [3.63, 3.8) is 0 Å². The van der Waals surface area contributed by atoms with E-state index in [9.17, 15) is 14.0 Å². The third kappa shape index (κ3) is 2.80. The van der Waals surface area contributed by atoms with Crippen molar-refractivity contribution in [3.8, 4) is 5.75 Å².